The van der Waals surface area contributed by atoms with E-state index in [1.807, 2.05) is 24.3 Å². The minimum Gasteiger partial charge on any atom is -0.487 e. The van der Waals surface area contributed by atoms with Gasteiger partial charge in [-0.05, 0) is 42.5 Å². The van der Waals surface area contributed by atoms with Crippen molar-refractivity contribution >= 4 is 40.4 Å². The fourth-order valence-electron chi connectivity index (χ4n) is 3.99. The Kier molecular flexibility index (Phi) is 7.83. The van der Waals surface area contributed by atoms with Crippen molar-refractivity contribution in [3.63, 3.8) is 0 Å². The van der Waals surface area contributed by atoms with Gasteiger partial charge in [0.2, 0.25) is 5.95 Å². The molecule has 4 aromatic rings. The molecule has 0 aliphatic carbocycles. The third kappa shape index (κ3) is 5.94. The zero-order valence-electron chi connectivity index (χ0n) is 20.3. The quantitative estimate of drug-likeness (QED) is 0.284. The highest BCUT2D eigenvalue weighted by Gasteiger charge is 2.15. The van der Waals surface area contributed by atoms with E-state index in [0.717, 1.165) is 37.7 Å². The number of benzene rings is 3. The predicted octanol–water partition coefficient (Wildman–Crippen LogP) is 6.04. The highest BCUT2D eigenvalue weighted by Crippen LogP contribution is 2.31. The second kappa shape index (κ2) is 11.8. The van der Waals surface area contributed by atoms with Gasteiger partial charge in [-0.2, -0.15) is 10.2 Å². The van der Waals surface area contributed by atoms with Gasteiger partial charge < -0.3 is 25.0 Å². The molecule has 0 atom stereocenters. The summed E-state index contributed by atoms with van der Waals surface area (Å²) >= 11 is 6.36. The van der Waals surface area contributed by atoms with Crippen LogP contribution in [0.2, 0.25) is 5.02 Å². The third-order valence-corrected chi connectivity index (χ3v) is 6.25. The summed E-state index contributed by atoms with van der Waals surface area (Å²) in [5.74, 6) is 0.590. The Morgan fingerprint density at radius 1 is 1.03 bits per heavy atom. The first-order valence-electron chi connectivity index (χ1n) is 12.0. The van der Waals surface area contributed by atoms with Crippen LogP contribution < -0.4 is 20.3 Å². The number of morpholine rings is 1. The van der Waals surface area contributed by atoms with Gasteiger partial charge in [-0.25, -0.2) is 9.37 Å². The molecule has 38 heavy (non-hydrogen) atoms. The van der Waals surface area contributed by atoms with Gasteiger partial charge in [0.05, 0.1) is 25.1 Å². The molecule has 0 saturated carbocycles. The first-order chi connectivity index (χ1) is 18.6. The molecule has 0 unspecified atom stereocenters. The predicted molar refractivity (Wildman–Crippen MR) is 145 cm³/mol. The van der Waals surface area contributed by atoms with Crippen molar-refractivity contribution in [1.82, 2.24) is 9.97 Å². The van der Waals surface area contributed by atoms with E-state index >= 15 is 0 Å². The second-order valence-corrected chi connectivity index (χ2v) is 8.86. The maximum absolute atomic E-state index is 14.0. The van der Waals surface area contributed by atoms with Crippen LogP contribution in [0.1, 0.15) is 11.1 Å². The minimum absolute atomic E-state index is 0.0164. The average molecular weight is 531 g/mol. The van der Waals surface area contributed by atoms with Crippen molar-refractivity contribution in [3.05, 3.63) is 94.9 Å². The lowest BCUT2D eigenvalue weighted by atomic mass is 10.1. The van der Waals surface area contributed by atoms with Crippen molar-refractivity contribution in [2.24, 2.45) is 0 Å². The lowest BCUT2D eigenvalue weighted by Crippen LogP contribution is -2.36. The molecule has 1 aromatic heterocycles. The lowest BCUT2D eigenvalue weighted by molar-refractivity contribution is 0.122. The Labute approximate surface area is 224 Å². The molecule has 1 aliphatic heterocycles. The Morgan fingerprint density at radius 2 is 1.82 bits per heavy atom. The molecule has 0 bridgehead atoms. The van der Waals surface area contributed by atoms with Crippen molar-refractivity contribution in [1.29, 1.82) is 5.26 Å². The average Bonchev–Trinajstić information content (AvgIpc) is 2.95. The molecule has 1 saturated heterocycles. The van der Waals surface area contributed by atoms with E-state index in [1.165, 1.54) is 12.3 Å². The van der Waals surface area contributed by atoms with Gasteiger partial charge in [-0.15, -0.1) is 0 Å². The number of rotatable bonds is 8. The molecule has 2 heterocycles. The number of halogens is 2. The van der Waals surface area contributed by atoms with Gasteiger partial charge in [0.25, 0.3) is 0 Å². The smallest absolute Gasteiger partial charge is 0.229 e. The zero-order valence-corrected chi connectivity index (χ0v) is 21.1. The Hall–Kier alpha value is -4.39. The van der Waals surface area contributed by atoms with E-state index in [-0.39, 0.29) is 23.0 Å². The van der Waals surface area contributed by atoms with Crippen LogP contribution in [0.4, 0.5) is 33.2 Å². The normalized spacial score (nSPS) is 13.0. The molecule has 1 fully saturated rings. The van der Waals surface area contributed by atoms with Gasteiger partial charge in [-0.3, -0.25) is 0 Å². The maximum Gasteiger partial charge on any atom is 0.229 e. The number of nitrogens with one attached hydrogen (secondary N) is 2. The summed E-state index contributed by atoms with van der Waals surface area (Å²) in [6.07, 6.45) is 1.48. The van der Waals surface area contributed by atoms with E-state index < -0.39 is 0 Å². The van der Waals surface area contributed by atoms with Gasteiger partial charge in [0.1, 0.15) is 34.8 Å². The van der Waals surface area contributed by atoms with Crippen molar-refractivity contribution in [2.45, 2.75) is 6.61 Å². The maximum atomic E-state index is 14.0. The lowest BCUT2D eigenvalue weighted by Gasteiger charge is -2.28. The minimum atomic E-state index is -0.371. The first kappa shape index (κ1) is 25.3. The standard InChI is InChI=1S/C28H24ClFN6O2/c29-23-17-32-28(33-20-8-10-21(11-9-20)36-12-14-37-15-13-36)35-27(23)34-25-6-3-7-26(22(25)16-31)38-18-19-4-1-2-5-24(19)30/h1-11,17H,12-15,18H2,(H2,32,33,34,35). The van der Waals surface area contributed by atoms with E-state index in [4.69, 9.17) is 21.1 Å². The largest absolute Gasteiger partial charge is 0.487 e. The van der Waals surface area contributed by atoms with Crippen LogP contribution in [0.5, 0.6) is 5.75 Å². The SMILES string of the molecule is N#Cc1c(Nc2nc(Nc3ccc(N4CCOCC4)cc3)ncc2Cl)cccc1OCc1ccccc1F. The summed E-state index contributed by atoms with van der Waals surface area (Å²) in [6.45, 7) is 3.16. The Morgan fingerprint density at radius 3 is 2.58 bits per heavy atom. The number of anilines is 5. The van der Waals surface area contributed by atoms with Crippen LogP contribution in [0, 0.1) is 17.1 Å². The van der Waals surface area contributed by atoms with Crippen LogP contribution in [0.15, 0.2) is 72.9 Å². The fourth-order valence-corrected chi connectivity index (χ4v) is 4.13. The molecular weight excluding hydrogens is 507 g/mol. The number of nitriles is 1. The number of hydrogen-bond acceptors (Lipinski definition) is 8. The van der Waals surface area contributed by atoms with Crippen molar-refractivity contribution < 1.29 is 13.9 Å². The monoisotopic (exact) mass is 530 g/mol. The number of nitrogens with zero attached hydrogens (tertiary/aromatic N) is 4. The highest BCUT2D eigenvalue weighted by atomic mass is 35.5. The number of ether oxygens (including phenoxy) is 2. The van der Waals surface area contributed by atoms with Crippen LogP contribution in [0.25, 0.3) is 0 Å². The first-order valence-corrected chi connectivity index (χ1v) is 12.4. The Bertz CT molecular complexity index is 1450. The molecule has 0 radical (unpaired) electrons. The summed E-state index contributed by atoms with van der Waals surface area (Å²) in [5.41, 5.74) is 3.02. The molecule has 0 spiro atoms. The molecule has 3 aromatic carbocycles. The summed E-state index contributed by atoms with van der Waals surface area (Å²) in [7, 11) is 0. The van der Waals surface area contributed by atoms with Gasteiger partial charge in [-0.1, -0.05) is 35.9 Å². The molecule has 1 aliphatic rings. The van der Waals surface area contributed by atoms with Gasteiger partial charge in [0, 0.05) is 30.0 Å². The van der Waals surface area contributed by atoms with Crippen molar-refractivity contribution in [2.75, 3.05) is 41.8 Å². The van der Waals surface area contributed by atoms with Crippen molar-refractivity contribution in [3.8, 4) is 11.8 Å². The summed E-state index contributed by atoms with van der Waals surface area (Å²) in [4.78, 5) is 11.0. The molecule has 192 valence electrons. The topological polar surface area (TPSA) is 95.3 Å². The molecule has 8 nitrogen and oxygen atoms in total. The molecule has 0 amide bonds. The number of hydrogen-bond donors (Lipinski definition) is 2. The van der Waals surface area contributed by atoms with E-state index in [0.29, 0.717) is 28.8 Å². The van der Waals surface area contributed by atoms with Crippen LogP contribution in [0.3, 0.4) is 0 Å². The fraction of sp³-hybridized carbons (Fsp3) is 0.179. The van der Waals surface area contributed by atoms with Crippen LogP contribution in [-0.4, -0.2) is 36.3 Å². The number of aromatic nitrogens is 2. The molecular formula is C28H24ClFN6O2. The molecule has 2 N–H and O–H groups in total. The van der Waals surface area contributed by atoms with Crippen LogP contribution >= 0.6 is 11.6 Å². The van der Waals surface area contributed by atoms with Gasteiger partial charge in [0.15, 0.2) is 5.82 Å². The summed E-state index contributed by atoms with van der Waals surface area (Å²) in [5, 5.41) is 16.4. The van der Waals surface area contributed by atoms with E-state index in [1.54, 1.807) is 36.4 Å². The highest BCUT2D eigenvalue weighted by molar-refractivity contribution is 6.32. The molecule has 5 rings (SSSR count). The third-order valence-electron chi connectivity index (χ3n) is 5.98. The van der Waals surface area contributed by atoms with E-state index in [2.05, 4.69) is 31.6 Å². The molecule has 10 heteroatoms. The zero-order chi connectivity index (χ0) is 26.3. The second-order valence-electron chi connectivity index (χ2n) is 8.46. The van der Waals surface area contributed by atoms with E-state index in [9.17, 15) is 9.65 Å². The Balaban J connectivity index is 1.31. The van der Waals surface area contributed by atoms with Gasteiger partial charge >= 0.3 is 0 Å². The summed E-state index contributed by atoms with van der Waals surface area (Å²) in [6, 6.07) is 21.6. The van der Waals surface area contributed by atoms with Crippen LogP contribution in [-0.2, 0) is 11.3 Å². The summed E-state index contributed by atoms with van der Waals surface area (Å²) < 4.78 is 25.2.